The van der Waals surface area contributed by atoms with Gasteiger partial charge in [0.25, 0.3) is 0 Å². The number of ether oxygens (including phenoxy) is 1. The van der Waals surface area contributed by atoms with Gasteiger partial charge in [0, 0.05) is 23.7 Å². The first-order valence-electron chi connectivity index (χ1n) is 5.73. The molecule has 0 spiro atoms. The standard InChI is InChI=1S/C14H14N2O/c1-9-5-7-16-14(15)12(9)11-4-2-3-10-6-8-17-13(10)11/h2-5,7H,6,8H2,1H3,(H2,15,16). The Labute approximate surface area is 100 Å². The first-order chi connectivity index (χ1) is 8.27. The highest BCUT2D eigenvalue weighted by Crippen LogP contribution is 2.39. The predicted octanol–water partition coefficient (Wildman–Crippen LogP) is 2.57. The maximum atomic E-state index is 5.98. The molecule has 3 rings (SSSR count). The highest BCUT2D eigenvalue weighted by Gasteiger charge is 2.19. The number of nitrogen functional groups attached to an aromatic ring is 1. The highest BCUT2D eigenvalue weighted by atomic mass is 16.5. The number of hydrogen-bond donors (Lipinski definition) is 1. The summed E-state index contributed by atoms with van der Waals surface area (Å²) in [5.74, 6) is 1.53. The summed E-state index contributed by atoms with van der Waals surface area (Å²) >= 11 is 0. The Morgan fingerprint density at radius 1 is 1.29 bits per heavy atom. The third kappa shape index (κ3) is 1.55. The van der Waals surface area contributed by atoms with Crippen LogP contribution in [0.25, 0.3) is 11.1 Å². The number of hydrogen-bond acceptors (Lipinski definition) is 3. The van der Waals surface area contributed by atoms with Crippen molar-refractivity contribution in [1.82, 2.24) is 4.98 Å². The van der Waals surface area contributed by atoms with Gasteiger partial charge in [0.2, 0.25) is 0 Å². The van der Waals surface area contributed by atoms with Gasteiger partial charge < -0.3 is 10.5 Å². The summed E-state index contributed by atoms with van der Waals surface area (Å²) in [7, 11) is 0. The molecule has 2 heterocycles. The molecule has 2 N–H and O–H groups in total. The third-order valence-corrected chi connectivity index (χ3v) is 3.17. The molecule has 3 nitrogen and oxygen atoms in total. The van der Waals surface area contributed by atoms with E-state index in [1.807, 2.05) is 19.1 Å². The number of aromatic nitrogens is 1. The molecule has 0 amide bonds. The summed E-state index contributed by atoms with van der Waals surface area (Å²) in [6.45, 7) is 2.80. The van der Waals surface area contributed by atoms with Crippen LogP contribution in [0.5, 0.6) is 5.75 Å². The van der Waals surface area contributed by atoms with Crippen LogP contribution in [0.3, 0.4) is 0 Å². The quantitative estimate of drug-likeness (QED) is 0.813. The number of rotatable bonds is 1. The lowest BCUT2D eigenvalue weighted by atomic mass is 9.98. The number of pyridine rings is 1. The number of nitrogens with zero attached hydrogens (tertiary/aromatic N) is 1. The van der Waals surface area contributed by atoms with Gasteiger partial charge in [0.1, 0.15) is 11.6 Å². The minimum absolute atomic E-state index is 0.564. The van der Waals surface area contributed by atoms with E-state index in [1.165, 1.54) is 5.56 Å². The third-order valence-electron chi connectivity index (χ3n) is 3.17. The van der Waals surface area contributed by atoms with Crippen molar-refractivity contribution in [1.29, 1.82) is 0 Å². The van der Waals surface area contributed by atoms with E-state index in [2.05, 4.69) is 17.1 Å². The zero-order valence-electron chi connectivity index (χ0n) is 9.73. The van der Waals surface area contributed by atoms with Crippen molar-refractivity contribution < 1.29 is 4.74 Å². The predicted molar refractivity (Wildman–Crippen MR) is 68.0 cm³/mol. The Balaban J connectivity index is 2.26. The van der Waals surface area contributed by atoms with Crippen molar-refractivity contribution in [2.75, 3.05) is 12.3 Å². The fraction of sp³-hybridized carbons (Fsp3) is 0.214. The van der Waals surface area contributed by atoms with Gasteiger partial charge >= 0.3 is 0 Å². The minimum Gasteiger partial charge on any atom is -0.492 e. The lowest BCUT2D eigenvalue weighted by Crippen LogP contribution is -1.97. The molecule has 0 bridgehead atoms. The smallest absolute Gasteiger partial charge is 0.131 e. The fourth-order valence-corrected chi connectivity index (χ4v) is 2.34. The summed E-state index contributed by atoms with van der Waals surface area (Å²) in [4.78, 5) is 4.16. The second-order valence-corrected chi connectivity index (χ2v) is 4.28. The molecule has 17 heavy (non-hydrogen) atoms. The molecular weight excluding hydrogens is 212 g/mol. The second kappa shape index (κ2) is 3.77. The van der Waals surface area contributed by atoms with Crippen LogP contribution in [0.1, 0.15) is 11.1 Å². The Morgan fingerprint density at radius 2 is 2.18 bits per heavy atom. The lowest BCUT2D eigenvalue weighted by Gasteiger charge is -2.12. The number of anilines is 1. The van der Waals surface area contributed by atoms with Crippen molar-refractivity contribution >= 4 is 5.82 Å². The maximum absolute atomic E-state index is 5.98. The SMILES string of the molecule is Cc1ccnc(N)c1-c1cccc2c1OCC2. The van der Waals surface area contributed by atoms with Crippen molar-refractivity contribution in [3.8, 4) is 16.9 Å². The summed E-state index contributed by atoms with van der Waals surface area (Å²) in [5.41, 5.74) is 10.4. The molecule has 1 aliphatic heterocycles. The number of aryl methyl sites for hydroxylation is 1. The lowest BCUT2D eigenvalue weighted by molar-refractivity contribution is 0.358. The molecular formula is C14H14N2O. The van der Waals surface area contributed by atoms with E-state index in [0.717, 1.165) is 35.5 Å². The zero-order chi connectivity index (χ0) is 11.8. The molecule has 0 unspecified atom stereocenters. The minimum atomic E-state index is 0.564. The van der Waals surface area contributed by atoms with Crippen molar-refractivity contribution in [3.05, 3.63) is 41.6 Å². The van der Waals surface area contributed by atoms with Crippen LogP contribution in [0, 0.1) is 6.92 Å². The van der Waals surface area contributed by atoms with Gasteiger partial charge in [0.05, 0.1) is 6.61 Å². The van der Waals surface area contributed by atoms with E-state index in [4.69, 9.17) is 10.5 Å². The highest BCUT2D eigenvalue weighted by molar-refractivity contribution is 5.82. The molecule has 1 aromatic heterocycles. The van der Waals surface area contributed by atoms with Gasteiger partial charge in [-0.05, 0) is 24.1 Å². The van der Waals surface area contributed by atoms with Crippen molar-refractivity contribution in [2.45, 2.75) is 13.3 Å². The zero-order valence-corrected chi connectivity index (χ0v) is 9.73. The fourth-order valence-electron chi connectivity index (χ4n) is 2.34. The van der Waals surface area contributed by atoms with Crippen LogP contribution in [-0.2, 0) is 6.42 Å². The van der Waals surface area contributed by atoms with Crippen LogP contribution in [0.15, 0.2) is 30.5 Å². The Bertz CT molecular complexity index is 558. The summed E-state index contributed by atoms with van der Waals surface area (Å²) < 4.78 is 5.71. The molecule has 2 aromatic rings. The van der Waals surface area contributed by atoms with Gasteiger partial charge in [-0.3, -0.25) is 0 Å². The Kier molecular flexibility index (Phi) is 2.25. The van der Waals surface area contributed by atoms with E-state index >= 15 is 0 Å². The topological polar surface area (TPSA) is 48.1 Å². The Hall–Kier alpha value is -2.03. The normalized spacial score (nSPS) is 13.2. The molecule has 0 fully saturated rings. The molecule has 1 aromatic carbocycles. The first-order valence-corrected chi connectivity index (χ1v) is 5.73. The summed E-state index contributed by atoms with van der Waals surface area (Å²) in [6.07, 6.45) is 2.71. The molecule has 1 aliphatic rings. The van der Waals surface area contributed by atoms with Gasteiger partial charge in [-0.25, -0.2) is 4.98 Å². The number of para-hydroxylation sites is 1. The largest absolute Gasteiger partial charge is 0.492 e. The van der Waals surface area contributed by atoms with Crippen LogP contribution in [-0.4, -0.2) is 11.6 Å². The molecule has 0 atom stereocenters. The monoisotopic (exact) mass is 226 g/mol. The van der Waals surface area contributed by atoms with Gasteiger partial charge in [-0.2, -0.15) is 0 Å². The van der Waals surface area contributed by atoms with Crippen LogP contribution in [0.4, 0.5) is 5.82 Å². The van der Waals surface area contributed by atoms with Crippen molar-refractivity contribution in [2.24, 2.45) is 0 Å². The number of benzene rings is 1. The van der Waals surface area contributed by atoms with E-state index in [1.54, 1.807) is 6.20 Å². The van der Waals surface area contributed by atoms with E-state index in [0.29, 0.717) is 5.82 Å². The average molecular weight is 226 g/mol. The maximum Gasteiger partial charge on any atom is 0.131 e. The first kappa shape index (κ1) is 10.1. The second-order valence-electron chi connectivity index (χ2n) is 4.28. The summed E-state index contributed by atoms with van der Waals surface area (Å²) in [6, 6.07) is 8.17. The van der Waals surface area contributed by atoms with Gasteiger partial charge in [0.15, 0.2) is 0 Å². The van der Waals surface area contributed by atoms with Crippen LogP contribution in [0.2, 0.25) is 0 Å². The number of nitrogens with two attached hydrogens (primary N) is 1. The van der Waals surface area contributed by atoms with Crippen molar-refractivity contribution in [3.63, 3.8) is 0 Å². The molecule has 0 saturated heterocycles. The molecule has 0 saturated carbocycles. The van der Waals surface area contributed by atoms with Gasteiger partial charge in [-0.1, -0.05) is 18.2 Å². The van der Waals surface area contributed by atoms with Crippen LogP contribution >= 0.6 is 0 Å². The number of fused-ring (bicyclic) bond motifs is 1. The molecule has 0 aliphatic carbocycles. The Morgan fingerprint density at radius 3 is 3.00 bits per heavy atom. The van der Waals surface area contributed by atoms with Gasteiger partial charge in [-0.15, -0.1) is 0 Å². The molecule has 0 radical (unpaired) electrons. The van der Waals surface area contributed by atoms with E-state index in [9.17, 15) is 0 Å². The molecule has 86 valence electrons. The average Bonchev–Trinajstić information content (AvgIpc) is 2.77. The van der Waals surface area contributed by atoms with E-state index < -0.39 is 0 Å². The molecule has 3 heteroatoms. The summed E-state index contributed by atoms with van der Waals surface area (Å²) in [5, 5.41) is 0. The van der Waals surface area contributed by atoms with E-state index in [-0.39, 0.29) is 0 Å². The van der Waals surface area contributed by atoms with Crippen LogP contribution < -0.4 is 10.5 Å².